The van der Waals surface area contributed by atoms with Gasteiger partial charge in [-0.2, -0.15) is 5.10 Å². The second-order valence-corrected chi connectivity index (χ2v) is 8.39. The number of amides is 1. The Morgan fingerprint density at radius 3 is 2.72 bits per heavy atom. The third-order valence-corrected chi connectivity index (χ3v) is 5.84. The predicted molar refractivity (Wildman–Crippen MR) is 116 cm³/mol. The third-order valence-electron chi connectivity index (χ3n) is 5.84. The van der Waals surface area contributed by atoms with Gasteiger partial charge in [0.05, 0.1) is 24.3 Å². The molecule has 0 unspecified atom stereocenters. The SMILES string of the molecule is Cc1c(Cc2ccc(F)c(C(=O)N3CCn4c(CN(C)C)nnc4C3)c2)n[nH]c(=O)c1C. The molecular weight excluding hydrogens is 413 g/mol. The molecule has 1 amide bonds. The topological polar surface area (TPSA) is 100 Å². The Bertz CT molecular complexity index is 1230. The standard InChI is InChI=1S/C22H26FN7O2/c1-13-14(2)21(31)27-24-18(13)10-15-5-6-17(23)16(9-15)22(32)29-7-8-30-19(11-28(3)4)25-26-20(30)12-29/h5-6,9H,7-8,10-12H2,1-4H3,(H,27,31). The molecule has 0 saturated carbocycles. The van der Waals surface area contributed by atoms with Crippen LogP contribution in [0.1, 0.15) is 44.4 Å². The van der Waals surface area contributed by atoms with E-state index >= 15 is 0 Å². The van der Waals surface area contributed by atoms with E-state index in [1.165, 1.54) is 6.07 Å². The van der Waals surface area contributed by atoms with Crippen LogP contribution in [-0.2, 0) is 26.1 Å². The van der Waals surface area contributed by atoms with Gasteiger partial charge in [0.15, 0.2) is 5.82 Å². The van der Waals surface area contributed by atoms with Gasteiger partial charge in [0.1, 0.15) is 11.6 Å². The molecule has 32 heavy (non-hydrogen) atoms. The monoisotopic (exact) mass is 439 g/mol. The first-order valence-electron chi connectivity index (χ1n) is 10.4. The summed E-state index contributed by atoms with van der Waals surface area (Å²) >= 11 is 0. The molecule has 0 atom stereocenters. The van der Waals surface area contributed by atoms with E-state index in [0.717, 1.165) is 17.0 Å². The largest absolute Gasteiger partial charge is 0.329 e. The molecule has 1 aliphatic rings. The summed E-state index contributed by atoms with van der Waals surface area (Å²) < 4.78 is 16.6. The van der Waals surface area contributed by atoms with Gasteiger partial charge < -0.3 is 14.4 Å². The minimum Gasteiger partial charge on any atom is -0.329 e. The van der Waals surface area contributed by atoms with Crippen LogP contribution >= 0.6 is 0 Å². The number of nitrogens with zero attached hydrogens (tertiary/aromatic N) is 6. The van der Waals surface area contributed by atoms with Gasteiger partial charge in [-0.3, -0.25) is 9.59 Å². The van der Waals surface area contributed by atoms with Crippen molar-refractivity contribution in [2.75, 3.05) is 20.6 Å². The molecule has 0 radical (unpaired) electrons. The summed E-state index contributed by atoms with van der Waals surface area (Å²) in [6, 6.07) is 4.50. The fraction of sp³-hybridized carbons (Fsp3) is 0.409. The molecule has 0 aliphatic carbocycles. The van der Waals surface area contributed by atoms with Crippen LogP contribution in [0.2, 0.25) is 0 Å². The number of aromatic nitrogens is 5. The molecule has 0 fully saturated rings. The van der Waals surface area contributed by atoms with Gasteiger partial charge >= 0.3 is 0 Å². The van der Waals surface area contributed by atoms with Crippen molar-refractivity contribution in [3.05, 3.63) is 74.0 Å². The van der Waals surface area contributed by atoms with Crippen LogP contribution in [0.15, 0.2) is 23.0 Å². The zero-order chi connectivity index (χ0) is 23.0. The van der Waals surface area contributed by atoms with E-state index in [4.69, 9.17) is 0 Å². The highest BCUT2D eigenvalue weighted by Gasteiger charge is 2.27. The number of rotatable bonds is 5. The number of H-pyrrole nitrogens is 1. The number of hydrogen-bond acceptors (Lipinski definition) is 6. The summed E-state index contributed by atoms with van der Waals surface area (Å²) in [6.45, 7) is 5.53. The van der Waals surface area contributed by atoms with Crippen molar-refractivity contribution in [3.63, 3.8) is 0 Å². The molecule has 9 nitrogen and oxygen atoms in total. The zero-order valence-corrected chi connectivity index (χ0v) is 18.6. The van der Waals surface area contributed by atoms with Gasteiger partial charge in [0.2, 0.25) is 0 Å². The van der Waals surface area contributed by atoms with Crippen LogP contribution < -0.4 is 5.56 Å². The molecule has 1 aromatic carbocycles. The normalized spacial score (nSPS) is 13.5. The Kier molecular flexibility index (Phi) is 5.88. The fourth-order valence-electron chi connectivity index (χ4n) is 3.85. The van der Waals surface area contributed by atoms with E-state index in [2.05, 4.69) is 20.4 Å². The molecular formula is C22H26FN7O2. The fourth-order valence-corrected chi connectivity index (χ4v) is 3.85. The van der Waals surface area contributed by atoms with E-state index < -0.39 is 5.82 Å². The Labute approximate surface area is 184 Å². The first kappa shape index (κ1) is 21.8. The summed E-state index contributed by atoms with van der Waals surface area (Å²) in [6.07, 6.45) is 0.381. The zero-order valence-electron chi connectivity index (χ0n) is 18.6. The van der Waals surface area contributed by atoms with Crippen LogP contribution in [0.3, 0.4) is 0 Å². The minimum atomic E-state index is -0.568. The van der Waals surface area contributed by atoms with Gasteiger partial charge in [0.25, 0.3) is 11.5 Å². The Hall–Kier alpha value is -3.40. The second-order valence-electron chi connectivity index (χ2n) is 8.39. The number of hydrogen-bond donors (Lipinski definition) is 1. The van der Waals surface area contributed by atoms with Crippen LogP contribution in [0, 0.1) is 19.7 Å². The van der Waals surface area contributed by atoms with Crippen molar-refractivity contribution in [3.8, 4) is 0 Å². The maximum absolute atomic E-state index is 14.6. The highest BCUT2D eigenvalue weighted by Crippen LogP contribution is 2.20. The molecule has 0 spiro atoms. The Balaban J connectivity index is 1.55. The summed E-state index contributed by atoms with van der Waals surface area (Å²) in [5.74, 6) is 0.599. The lowest BCUT2D eigenvalue weighted by molar-refractivity contribution is 0.0701. The van der Waals surface area contributed by atoms with Crippen molar-refractivity contribution < 1.29 is 9.18 Å². The number of carbonyl (C=O) groups is 1. The van der Waals surface area contributed by atoms with E-state index in [1.807, 2.05) is 30.5 Å². The van der Waals surface area contributed by atoms with Crippen LogP contribution in [0.5, 0.6) is 0 Å². The number of nitrogens with one attached hydrogen (secondary N) is 1. The van der Waals surface area contributed by atoms with Gasteiger partial charge in [0, 0.05) is 25.1 Å². The molecule has 3 aromatic rings. The molecule has 1 N–H and O–H groups in total. The first-order chi connectivity index (χ1) is 15.2. The molecule has 2 aromatic heterocycles. The molecule has 4 rings (SSSR count). The van der Waals surface area contributed by atoms with E-state index in [9.17, 15) is 14.0 Å². The summed E-state index contributed by atoms with van der Waals surface area (Å²) in [5.41, 5.74) is 2.60. The number of fused-ring (bicyclic) bond motifs is 1. The third kappa shape index (κ3) is 4.18. The molecule has 0 bridgehead atoms. The number of benzene rings is 1. The van der Waals surface area contributed by atoms with E-state index in [1.54, 1.807) is 24.0 Å². The van der Waals surface area contributed by atoms with Crippen molar-refractivity contribution >= 4 is 5.91 Å². The summed E-state index contributed by atoms with van der Waals surface area (Å²) in [4.78, 5) is 28.5. The number of halogens is 1. The smallest absolute Gasteiger partial charge is 0.267 e. The minimum absolute atomic E-state index is 0.0165. The van der Waals surface area contributed by atoms with Gasteiger partial charge in [-0.15, -0.1) is 10.2 Å². The van der Waals surface area contributed by atoms with Crippen molar-refractivity contribution in [1.29, 1.82) is 0 Å². The molecule has 168 valence electrons. The van der Waals surface area contributed by atoms with E-state index in [0.29, 0.717) is 43.1 Å². The van der Waals surface area contributed by atoms with Crippen LogP contribution in [0.25, 0.3) is 0 Å². The Morgan fingerprint density at radius 2 is 1.97 bits per heavy atom. The summed E-state index contributed by atoms with van der Waals surface area (Å²) in [5, 5.41) is 15.1. The van der Waals surface area contributed by atoms with Crippen LogP contribution in [-0.4, -0.2) is 61.3 Å². The second kappa shape index (κ2) is 8.62. The maximum Gasteiger partial charge on any atom is 0.267 e. The average Bonchev–Trinajstić information content (AvgIpc) is 3.16. The van der Waals surface area contributed by atoms with Crippen LogP contribution in [0.4, 0.5) is 4.39 Å². The summed E-state index contributed by atoms with van der Waals surface area (Å²) in [7, 11) is 3.92. The highest BCUT2D eigenvalue weighted by molar-refractivity contribution is 5.94. The van der Waals surface area contributed by atoms with Gasteiger partial charge in [-0.05, 0) is 51.2 Å². The predicted octanol–water partition coefficient (Wildman–Crippen LogP) is 1.43. The van der Waals surface area contributed by atoms with Gasteiger partial charge in [-0.25, -0.2) is 9.49 Å². The molecule has 1 aliphatic heterocycles. The van der Waals surface area contributed by atoms with Crippen molar-refractivity contribution in [2.45, 2.75) is 39.9 Å². The van der Waals surface area contributed by atoms with Gasteiger partial charge in [-0.1, -0.05) is 6.07 Å². The lowest BCUT2D eigenvalue weighted by atomic mass is 10.0. The maximum atomic E-state index is 14.6. The lowest BCUT2D eigenvalue weighted by Crippen LogP contribution is -2.39. The quantitative estimate of drug-likeness (QED) is 0.646. The molecule has 10 heteroatoms. The van der Waals surface area contributed by atoms with Crippen molar-refractivity contribution in [2.24, 2.45) is 0 Å². The lowest BCUT2D eigenvalue weighted by Gasteiger charge is -2.28. The number of aromatic amines is 1. The number of carbonyl (C=O) groups excluding carboxylic acids is 1. The average molecular weight is 439 g/mol. The molecule has 0 saturated heterocycles. The Morgan fingerprint density at radius 1 is 1.19 bits per heavy atom. The van der Waals surface area contributed by atoms with Crippen molar-refractivity contribution in [1.82, 2.24) is 34.8 Å². The van der Waals surface area contributed by atoms with E-state index in [-0.39, 0.29) is 23.6 Å². The first-order valence-corrected chi connectivity index (χ1v) is 10.4. The molecule has 3 heterocycles. The highest BCUT2D eigenvalue weighted by atomic mass is 19.1.